The summed E-state index contributed by atoms with van der Waals surface area (Å²) in [5.74, 6) is 0.663. The molecule has 1 saturated heterocycles. The van der Waals surface area contributed by atoms with E-state index in [1.807, 2.05) is 0 Å². The van der Waals surface area contributed by atoms with E-state index in [4.69, 9.17) is 4.74 Å². The first-order valence-corrected chi connectivity index (χ1v) is 8.00. The van der Waals surface area contributed by atoms with E-state index in [0.717, 1.165) is 19.4 Å². The fourth-order valence-corrected chi connectivity index (χ4v) is 4.40. The molecule has 1 N–H and O–H groups in total. The monoisotopic (exact) mass is 266 g/mol. The zero-order chi connectivity index (χ0) is 13.3. The first kappa shape index (κ1) is 13.6. The lowest BCUT2D eigenvalue weighted by molar-refractivity contribution is -0.165. The van der Waals surface area contributed by atoms with E-state index in [1.165, 1.54) is 32.1 Å². The Morgan fingerprint density at radius 1 is 1.05 bits per heavy atom. The third kappa shape index (κ3) is 2.73. The Morgan fingerprint density at radius 2 is 1.74 bits per heavy atom. The van der Waals surface area contributed by atoms with Crippen LogP contribution in [0, 0.1) is 5.92 Å². The minimum absolute atomic E-state index is 0.0539. The molecule has 3 aliphatic rings. The molecule has 1 unspecified atom stereocenters. The van der Waals surface area contributed by atoms with Gasteiger partial charge in [-0.2, -0.15) is 0 Å². The maximum absolute atomic E-state index is 11.4. The van der Waals surface area contributed by atoms with E-state index in [-0.39, 0.29) is 5.60 Å². The maximum Gasteiger partial charge on any atom is 0.133 e. The maximum atomic E-state index is 11.4. The molecule has 3 nitrogen and oxygen atoms in total. The molecule has 1 heterocycles. The Morgan fingerprint density at radius 3 is 2.42 bits per heavy atom. The Balaban J connectivity index is 1.69. The quantitative estimate of drug-likeness (QED) is 0.793. The molecular formula is C16H26O3. The highest BCUT2D eigenvalue weighted by atomic mass is 16.5. The van der Waals surface area contributed by atoms with E-state index < -0.39 is 5.60 Å². The molecule has 1 spiro atoms. The molecule has 1 aliphatic heterocycles. The van der Waals surface area contributed by atoms with Crippen LogP contribution in [-0.2, 0) is 9.53 Å². The van der Waals surface area contributed by atoms with Gasteiger partial charge in [0.1, 0.15) is 5.78 Å². The number of carbonyl (C=O) groups is 1. The lowest BCUT2D eigenvalue weighted by Gasteiger charge is -2.49. The van der Waals surface area contributed by atoms with Gasteiger partial charge in [-0.1, -0.05) is 19.3 Å². The fraction of sp³-hybridized carbons (Fsp3) is 0.938. The van der Waals surface area contributed by atoms with Crippen LogP contribution in [0.25, 0.3) is 0 Å². The molecule has 0 bridgehead atoms. The molecule has 0 amide bonds. The minimum atomic E-state index is -0.595. The molecule has 0 aromatic heterocycles. The average Bonchev–Trinajstić information content (AvgIpc) is 2.43. The van der Waals surface area contributed by atoms with Crippen molar-refractivity contribution in [3.05, 3.63) is 0 Å². The second kappa shape index (κ2) is 5.17. The van der Waals surface area contributed by atoms with Crippen molar-refractivity contribution in [3.8, 4) is 0 Å². The van der Waals surface area contributed by atoms with Crippen molar-refractivity contribution in [3.63, 3.8) is 0 Å². The second-order valence-corrected chi connectivity index (χ2v) is 6.92. The normalized spacial score (nSPS) is 34.4. The highest BCUT2D eigenvalue weighted by molar-refractivity contribution is 5.79. The molecule has 19 heavy (non-hydrogen) atoms. The summed E-state index contributed by atoms with van der Waals surface area (Å²) in [4.78, 5) is 11.4. The molecular weight excluding hydrogens is 240 g/mol. The van der Waals surface area contributed by atoms with Gasteiger partial charge in [-0.15, -0.1) is 0 Å². The molecule has 3 heteroatoms. The first-order chi connectivity index (χ1) is 9.12. The van der Waals surface area contributed by atoms with Gasteiger partial charge < -0.3 is 9.84 Å². The largest absolute Gasteiger partial charge is 0.390 e. The van der Waals surface area contributed by atoms with Crippen molar-refractivity contribution in [2.24, 2.45) is 5.92 Å². The van der Waals surface area contributed by atoms with Gasteiger partial charge in [0.2, 0.25) is 0 Å². The van der Waals surface area contributed by atoms with Gasteiger partial charge in [-0.3, -0.25) is 4.79 Å². The van der Waals surface area contributed by atoms with E-state index in [0.29, 0.717) is 37.4 Å². The number of ether oxygens (including phenoxy) is 1. The van der Waals surface area contributed by atoms with Crippen molar-refractivity contribution in [2.45, 2.75) is 81.8 Å². The van der Waals surface area contributed by atoms with E-state index >= 15 is 0 Å². The molecule has 0 aromatic rings. The molecule has 2 aliphatic carbocycles. The smallest absolute Gasteiger partial charge is 0.133 e. The van der Waals surface area contributed by atoms with Crippen LogP contribution >= 0.6 is 0 Å². The average molecular weight is 266 g/mol. The van der Waals surface area contributed by atoms with Crippen molar-refractivity contribution < 1.29 is 14.6 Å². The zero-order valence-electron chi connectivity index (χ0n) is 11.8. The highest BCUT2D eigenvalue weighted by Gasteiger charge is 2.47. The van der Waals surface area contributed by atoms with Crippen LogP contribution in [0.15, 0.2) is 0 Å². The van der Waals surface area contributed by atoms with Crippen LogP contribution in [-0.4, -0.2) is 28.7 Å². The van der Waals surface area contributed by atoms with Crippen molar-refractivity contribution in [1.29, 1.82) is 0 Å². The molecule has 1 atom stereocenters. The summed E-state index contributed by atoms with van der Waals surface area (Å²) in [5, 5.41) is 10.9. The second-order valence-electron chi connectivity index (χ2n) is 6.92. The number of aliphatic hydroxyl groups is 1. The summed E-state index contributed by atoms with van der Waals surface area (Å²) >= 11 is 0. The summed E-state index contributed by atoms with van der Waals surface area (Å²) in [6, 6.07) is 0. The predicted molar refractivity (Wildman–Crippen MR) is 72.9 cm³/mol. The van der Waals surface area contributed by atoms with Crippen LogP contribution in [0.2, 0.25) is 0 Å². The summed E-state index contributed by atoms with van der Waals surface area (Å²) in [6.07, 6.45) is 10.7. The Kier molecular flexibility index (Phi) is 3.69. The van der Waals surface area contributed by atoms with Crippen LogP contribution in [0.4, 0.5) is 0 Å². The lowest BCUT2D eigenvalue weighted by atomic mass is 9.66. The Labute approximate surface area is 115 Å². The third-order valence-electron chi connectivity index (χ3n) is 5.69. The molecule has 108 valence electrons. The number of ketones is 1. The van der Waals surface area contributed by atoms with Crippen molar-refractivity contribution >= 4 is 5.78 Å². The molecule has 3 rings (SSSR count). The summed E-state index contributed by atoms with van der Waals surface area (Å²) in [7, 11) is 0. The first-order valence-electron chi connectivity index (χ1n) is 8.00. The highest BCUT2D eigenvalue weighted by Crippen LogP contribution is 2.46. The Bertz CT molecular complexity index is 328. The number of hydrogen-bond donors (Lipinski definition) is 1. The number of hydrogen-bond acceptors (Lipinski definition) is 3. The SMILES string of the molecule is O=C1CCC(O)(C2CCOC3(CCCCC3)C2)CC1. The van der Waals surface area contributed by atoms with Gasteiger partial charge in [-0.05, 0) is 44.4 Å². The topological polar surface area (TPSA) is 46.5 Å². The van der Waals surface area contributed by atoms with Crippen LogP contribution in [0.5, 0.6) is 0 Å². The molecule has 2 saturated carbocycles. The number of rotatable bonds is 1. The number of carbonyl (C=O) groups excluding carboxylic acids is 1. The molecule has 0 aromatic carbocycles. The summed E-state index contributed by atoms with van der Waals surface area (Å²) in [5.41, 5.74) is -0.541. The van der Waals surface area contributed by atoms with Gasteiger partial charge in [0, 0.05) is 19.4 Å². The van der Waals surface area contributed by atoms with Gasteiger partial charge in [0.05, 0.1) is 11.2 Å². The minimum Gasteiger partial charge on any atom is -0.390 e. The van der Waals surface area contributed by atoms with Crippen LogP contribution in [0.1, 0.15) is 70.6 Å². The standard InChI is InChI=1S/C16H26O3/c17-14-4-9-16(18,10-5-14)13-6-11-19-15(12-13)7-2-1-3-8-15/h13,18H,1-12H2. The number of Topliss-reactive ketones (excluding diaryl/α,β-unsaturated/α-hetero) is 1. The van der Waals surface area contributed by atoms with E-state index in [1.54, 1.807) is 0 Å². The van der Waals surface area contributed by atoms with Gasteiger partial charge >= 0.3 is 0 Å². The summed E-state index contributed by atoms with van der Waals surface area (Å²) in [6.45, 7) is 0.793. The lowest BCUT2D eigenvalue weighted by Crippen LogP contribution is -2.50. The third-order valence-corrected chi connectivity index (χ3v) is 5.69. The van der Waals surface area contributed by atoms with E-state index in [2.05, 4.69) is 0 Å². The zero-order valence-corrected chi connectivity index (χ0v) is 11.8. The predicted octanol–water partition coefficient (Wildman–Crippen LogP) is 2.99. The van der Waals surface area contributed by atoms with Crippen molar-refractivity contribution in [1.82, 2.24) is 0 Å². The van der Waals surface area contributed by atoms with Gasteiger partial charge in [-0.25, -0.2) is 0 Å². The molecule has 3 fully saturated rings. The van der Waals surface area contributed by atoms with Crippen molar-refractivity contribution in [2.75, 3.05) is 6.61 Å². The van der Waals surface area contributed by atoms with E-state index in [9.17, 15) is 9.90 Å². The van der Waals surface area contributed by atoms with Crippen LogP contribution in [0.3, 0.4) is 0 Å². The molecule has 0 radical (unpaired) electrons. The van der Waals surface area contributed by atoms with Crippen LogP contribution < -0.4 is 0 Å². The van der Waals surface area contributed by atoms with Gasteiger partial charge in [0.15, 0.2) is 0 Å². The fourth-order valence-electron chi connectivity index (χ4n) is 4.40. The Hall–Kier alpha value is -0.410. The van der Waals surface area contributed by atoms with Gasteiger partial charge in [0.25, 0.3) is 0 Å². The summed E-state index contributed by atoms with van der Waals surface area (Å²) < 4.78 is 6.12.